The smallest absolute Gasteiger partial charge is 0.293 e. The molecular formula is C16H16NO6S-. The van der Waals surface area contributed by atoms with Crippen LogP contribution in [0.2, 0.25) is 0 Å². The van der Waals surface area contributed by atoms with Crippen molar-refractivity contribution in [2.75, 3.05) is 20.3 Å². The fraction of sp³-hybridized carbons (Fsp3) is 0.312. The van der Waals surface area contributed by atoms with Crippen LogP contribution in [0, 0.1) is 0 Å². The Hall–Kier alpha value is -2.48. The Labute approximate surface area is 143 Å². The predicted octanol–water partition coefficient (Wildman–Crippen LogP) is 1.27. The van der Waals surface area contributed by atoms with Gasteiger partial charge in [0.1, 0.15) is 0 Å². The van der Waals surface area contributed by atoms with Crippen LogP contribution in [0.5, 0.6) is 11.5 Å². The number of rotatable bonds is 7. The van der Waals surface area contributed by atoms with Crippen LogP contribution in [0.4, 0.5) is 4.79 Å². The highest BCUT2D eigenvalue weighted by Crippen LogP contribution is 2.34. The van der Waals surface area contributed by atoms with Crippen molar-refractivity contribution in [3.63, 3.8) is 0 Å². The number of hydrogen-bond acceptors (Lipinski definition) is 7. The van der Waals surface area contributed by atoms with Crippen molar-refractivity contribution in [1.82, 2.24) is 4.90 Å². The SMILES string of the molecule is CCOc1ccc(/C=C2\SC(=O)N(CCC(=O)[O-])C2=O)cc1OC. The van der Waals surface area contributed by atoms with Crippen molar-refractivity contribution >= 4 is 35.0 Å². The lowest BCUT2D eigenvalue weighted by atomic mass is 10.2. The first-order valence-corrected chi connectivity index (χ1v) is 8.04. The highest BCUT2D eigenvalue weighted by Gasteiger charge is 2.34. The molecule has 0 aromatic heterocycles. The van der Waals surface area contributed by atoms with Gasteiger partial charge in [-0.15, -0.1) is 0 Å². The van der Waals surface area contributed by atoms with Gasteiger partial charge in [0, 0.05) is 18.9 Å². The summed E-state index contributed by atoms with van der Waals surface area (Å²) in [5, 5.41) is 10.00. The first kappa shape index (κ1) is 17.9. The molecule has 1 aliphatic rings. The molecule has 1 aromatic carbocycles. The molecule has 0 atom stereocenters. The molecular weight excluding hydrogens is 334 g/mol. The van der Waals surface area contributed by atoms with E-state index < -0.39 is 17.1 Å². The number of aliphatic carboxylic acids is 1. The Morgan fingerprint density at radius 2 is 2.08 bits per heavy atom. The van der Waals surface area contributed by atoms with Crippen molar-refractivity contribution in [3.05, 3.63) is 28.7 Å². The Bertz CT molecular complexity index is 700. The second kappa shape index (κ2) is 7.87. The van der Waals surface area contributed by atoms with E-state index >= 15 is 0 Å². The molecule has 1 heterocycles. The molecule has 8 heteroatoms. The van der Waals surface area contributed by atoms with Gasteiger partial charge in [0.2, 0.25) is 0 Å². The van der Waals surface area contributed by atoms with Crippen LogP contribution in [0.3, 0.4) is 0 Å². The Morgan fingerprint density at radius 3 is 2.71 bits per heavy atom. The average molecular weight is 350 g/mol. The number of thioether (sulfide) groups is 1. The van der Waals surface area contributed by atoms with Gasteiger partial charge < -0.3 is 19.4 Å². The number of methoxy groups -OCH3 is 1. The summed E-state index contributed by atoms with van der Waals surface area (Å²) >= 11 is 0.769. The van der Waals surface area contributed by atoms with Crippen LogP contribution in [0.15, 0.2) is 23.1 Å². The third kappa shape index (κ3) is 4.08. The van der Waals surface area contributed by atoms with Gasteiger partial charge in [-0.3, -0.25) is 14.5 Å². The van der Waals surface area contributed by atoms with E-state index in [4.69, 9.17) is 9.47 Å². The third-order valence-electron chi connectivity index (χ3n) is 3.20. The number of carboxylic acid groups (broad SMARTS) is 1. The van der Waals surface area contributed by atoms with Crippen LogP contribution < -0.4 is 14.6 Å². The number of carbonyl (C=O) groups is 3. The molecule has 0 unspecified atom stereocenters. The maximum absolute atomic E-state index is 12.2. The Balaban J connectivity index is 2.20. The second-order valence-electron chi connectivity index (χ2n) is 4.80. The average Bonchev–Trinajstić information content (AvgIpc) is 2.80. The summed E-state index contributed by atoms with van der Waals surface area (Å²) in [5.74, 6) is -0.727. The van der Waals surface area contributed by atoms with Crippen molar-refractivity contribution in [1.29, 1.82) is 0 Å². The number of nitrogens with zero attached hydrogens (tertiary/aromatic N) is 1. The molecule has 0 radical (unpaired) electrons. The summed E-state index contributed by atoms with van der Waals surface area (Å²) in [7, 11) is 1.51. The molecule has 128 valence electrons. The van der Waals surface area contributed by atoms with Gasteiger partial charge in [0.15, 0.2) is 11.5 Å². The number of amides is 2. The minimum Gasteiger partial charge on any atom is -0.550 e. The lowest BCUT2D eigenvalue weighted by molar-refractivity contribution is -0.305. The molecule has 2 rings (SSSR count). The summed E-state index contributed by atoms with van der Waals surface area (Å²) in [6.45, 7) is 2.15. The molecule has 1 saturated heterocycles. The summed E-state index contributed by atoms with van der Waals surface area (Å²) in [6.07, 6.45) is 1.17. The van der Waals surface area contributed by atoms with Gasteiger partial charge in [0.05, 0.1) is 18.6 Å². The van der Waals surface area contributed by atoms with E-state index in [9.17, 15) is 19.5 Å². The number of benzene rings is 1. The van der Waals surface area contributed by atoms with Gasteiger partial charge in [-0.2, -0.15) is 0 Å². The van der Waals surface area contributed by atoms with E-state index in [-0.39, 0.29) is 17.9 Å². The lowest BCUT2D eigenvalue weighted by Crippen LogP contribution is -2.33. The number of carboxylic acids is 1. The summed E-state index contributed by atoms with van der Waals surface area (Å²) in [4.78, 5) is 35.7. The van der Waals surface area contributed by atoms with E-state index in [2.05, 4.69) is 0 Å². The zero-order valence-electron chi connectivity index (χ0n) is 13.2. The van der Waals surface area contributed by atoms with Crippen LogP contribution >= 0.6 is 11.8 Å². The van der Waals surface area contributed by atoms with Crippen LogP contribution in [0.25, 0.3) is 6.08 Å². The molecule has 0 aliphatic carbocycles. The Kier molecular flexibility index (Phi) is 5.86. The minimum absolute atomic E-state index is 0.197. The largest absolute Gasteiger partial charge is 0.550 e. The molecule has 0 saturated carbocycles. The number of carbonyl (C=O) groups excluding carboxylic acids is 3. The van der Waals surface area contributed by atoms with Crippen molar-refractivity contribution in [3.8, 4) is 11.5 Å². The molecule has 2 amide bonds. The van der Waals surface area contributed by atoms with Gasteiger partial charge in [-0.1, -0.05) is 6.07 Å². The van der Waals surface area contributed by atoms with Crippen LogP contribution in [-0.4, -0.2) is 42.3 Å². The van der Waals surface area contributed by atoms with Gasteiger partial charge in [0.25, 0.3) is 11.1 Å². The van der Waals surface area contributed by atoms with Gasteiger partial charge >= 0.3 is 0 Å². The summed E-state index contributed by atoms with van der Waals surface area (Å²) in [5.41, 5.74) is 0.667. The number of imide groups is 1. The van der Waals surface area contributed by atoms with E-state index in [1.54, 1.807) is 24.3 Å². The minimum atomic E-state index is -1.31. The third-order valence-corrected chi connectivity index (χ3v) is 4.11. The topological polar surface area (TPSA) is 96.0 Å². The van der Waals surface area contributed by atoms with Gasteiger partial charge in [-0.05, 0) is 42.5 Å². The maximum atomic E-state index is 12.2. The first-order chi connectivity index (χ1) is 11.5. The number of hydrogen-bond donors (Lipinski definition) is 0. The summed E-state index contributed by atoms with van der Waals surface area (Å²) < 4.78 is 10.7. The Morgan fingerprint density at radius 1 is 1.33 bits per heavy atom. The highest BCUT2D eigenvalue weighted by molar-refractivity contribution is 8.18. The summed E-state index contributed by atoms with van der Waals surface area (Å²) in [6, 6.07) is 5.15. The molecule has 1 aliphatic heterocycles. The monoisotopic (exact) mass is 350 g/mol. The van der Waals surface area contributed by atoms with Crippen LogP contribution in [0.1, 0.15) is 18.9 Å². The standard InChI is InChI=1S/C16H17NO6S/c1-3-23-11-5-4-10(8-12(11)22-2)9-13-15(20)17(16(21)24-13)7-6-14(18)19/h4-5,8-9H,3,6-7H2,1-2H3,(H,18,19)/p-1/b13-9-. The molecule has 0 N–H and O–H groups in total. The second-order valence-corrected chi connectivity index (χ2v) is 5.79. The molecule has 1 fully saturated rings. The molecule has 0 spiro atoms. The zero-order valence-corrected chi connectivity index (χ0v) is 14.1. The highest BCUT2D eigenvalue weighted by atomic mass is 32.2. The van der Waals surface area contributed by atoms with E-state index in [0.717, 1.165) is 16.7 Å². The van der Waals surface area contributed by atoms with E-state index in [0.29, 0.717) is 23.7 Å². The lowest BCUT2D eigenvalue weighted by Gasteiger charge is -2.12. The van der Waals surface area contributed by atoms with Crippen molar-refractivity contribution < 1.29 is 29.0 Å². The molecule has 24 heavy (non-hydrogen) atoms. The maximum Gasteiger partial charge on any atom is 0.293 e. The van der Waals surface area contributed by atoms with Crippen molar-refractivity contribution in [2.24, 2.45) is 0 Å². The quantitative estimate of drug-likeness (QED) is 0.683. The molecule has 7 nitrogen and oxygen atoms in total. The number of ether oxygens (including phenoxy) is 2. The van der Waals surface area contributed by atoms with Gasteiger partial charge in [-0.25, -0.2) is 0 Å². The van der Waals surface area contributed by atoms with E-state index in [1.165, 1.54) is 7.11 Å². The zero-order chi connectivity index (χ0) is 17.7. The normalized spacial score (nSPS) is 15.9. The fourth-order valence-corrected chi connectivity index (χ4v) is 2.96. The molecule has 1 aromatic rings. The van der Waals surface area contributed by atoms with E-state index in [1.807, 2.05) is 6.92 Å². The van der Waals surface area contributed by atoms with Crippen molar-refractivity contribution in [2.45, 2.75) is 13.3 Å². The predicted molar refractivity (Wildman–Crippen MR) is 86.5 cm³/mol. The first-order valence-electron chi connectivity index (χ1n) is 7.22. The fourth-order valence-electron chi connectivity index (χ4n) is 2.10. The molecule has 0 bridgehead atoms. The van der Waals surface area contributed by atoms with Crippen LogP contribution in [-0.2, 0) is 9.59 Å².